The molecule has 1 amide bonds. The zero-order valence-corrected chi connectivity index (χ0v) is 14.3. The van der Waals surface area contributed by atoms with Gasteiger partial charge in [-0.25, -0.2) is 0 Å². The van der Waals surface area contributed by atoms with Crippen molar-refractivity contribution in [1.29, 1.82) is 0 Å². The second-order valence-electron chi connectivity index (χ2n) is 5.20. The monoisotopic (exact) mass is 332 g/mol. The molecule has 0 bridgehead atoms. The molecule has 0 spiro atoms. The fourth-order valence-corrected chi connectivity index (χ4v) is 2.40. The molecule has 2 aromatic rings. The molecule has 2 heterocycles. The van der Waals surface area contributed by atoms with Crippen molar-refractivity contribution in [2.75, 3.05) is 18.6 Å². The minimum Gasteiger partial charge on any atom is -0.351 e. The van der Waals surface area contributed by atoms with Crippen molar-refractivity contribution < 1.29 is 4.79 Å². The highest BCUT2D eigenvalue weighted by atomic mass is 32.2. The van der Waals surface area contributed by atoms with Crippen molar-refractivity contribution >= 4 is 17.7 Å². The Morgan fingerprint density at radius 1 is 1.30 bits per heavy atom. The summed E-state index contributed by atoms with van der Waals surface area (Å²) in [5.74, 6) is 0.482. The quantitative estimate of drug-likeness (QED) is 0.809. The smallest absolute Gasteiger partial charge is 0.264 e. The summed E-state index contributed by atoms with van der Waals surface area (Å²) < 4.78 is 1.48. The van der Waals surface area contributed by atoms with Crippen molar-refractivity contribution in [2.24, 2.45) is 0 Å². The predicted molar refractivity (Wildman–Crippen MR) is 92.0 cm³/mol. The number of nitrogens with zero attached hydrogens (tertiary/aromatic N) is 3. The van der Waals surface area contributed by atoms with Crippen LogP contribution >= 0.6 is 11.8 Å². The number of aromatic nitrogens is 3. The normalized spacial score (nSPS) is 10.6. The molecule has 2 aromatic heterocycles. The molecule has 0 aromatic carbocycles. The highest BCUT2D eigenvalue weighted by Crippen LogP contribution is 2.04. The van der Waals surface area contributed by atoms with E-state index in [0.29, 0.717) is 17.8 Å². The number of hydrogen-bond acceptors (Lipinski definition) is 5. The third-order valence-electron chi connectivity index (χ3n) is 3.36. The van der Waals surface area contributed by atoms with E-state index in [1.165, 1.54) is 4.57 Å². The van der Waals surface area contributed by atoms with Crippen molar-refractivity contribution in [2.45, 2.75) is 20.4 Å². The maximum Gasteiger partial charge on any atom is 0.264 e. The minimum absolute atomic E-state index is 0.189. The molecule has 0 fully saturated rings. The van der Waals surface area contributed by atoms with Gasteiger partial charge in [0, 0.05) is 24.7 Å². The Kier molecular flexibility index (Phi) is 5.92. The van der Waals surface area contributed by atoms with Crippen LogP contribution in [-0.4, -0.2) is 39.0 Å². The number of pyridine rings is 1. The molecule has 0 atom stereocenters. The molecule has 23 heavy (non-hydrogen) atoms. The predicted octanol–water partition coefficient (Wildman–Crippen LogP) is 1.40. The number of nitrogens with one attached hydrogen (secondary N) is 1. The molecule has 0 aliphatic heterocycles. The van der Waals surface area contributed by atoms with Crippen LogP contribution in [0.4, 0.5) is 0 Å². The summed E-state index contributed by atoms with van der Waals surface area (Å²) in [6.45, 7) is 4.45. The Labute approximate surface area is 139 Å². The maximum absolute atomic E-state index is 12.6. The molecule has 0 aliphatic carbocycles. The van der Waals surface area contributed by atoms with Gasteiger partial charge in [-0.3, -0.25) is 19.6 Å². The van der Waals surface area contributed by atoms with Gasteiger partial charge >= 0.3 is 0 Å². The van der Waals surface area contributed by atoms with E-state index in [2.05, 4.69) is 15.3 Å². The van der Waals surface area contributed by atoms with Gasteiger partial charge in [0.1, 0.15) is 5.56 Å². The van der Waals surface area contributed by atoms with Crippen LogP contribution in [-0.2, 0) is 6.54 Å². The van der Waals surface area contributed by atoms with Crippen LogP contribution in [0.3, 0.4) is 0 Å². The summed E-state index contributed by atoms with van der Waals surface area (Å²) in [5, 5.41) is 2.78. The van der Waals surface area contributed by atoms with E-state index in [1.807, 2.05) is 13.2 Å². The third-order valence-corrected chi connectivity index (χ3v) is 3.97. The van der Waals surface area contributed by atoms with E-state index in [9.17, 15) is 9.59 Å². The lowest BCUT2D eigenvalue weighted by Gasteiger charge is -2.11. The number of thioether (sulfide) groups is 1. The second-order valence-corrected chi connectivity index (χ2v) is 6.19. The average molecular weight is 332 g/mol. The molecule has 6 nitrogen and oxygen atoms in total. The number of carbonyl (C=O) groups is 1. The SMILES string of the molecule is CSCCNC(=O)c1c(C)ccn(Cc2cnc(C)cn2)c1=O. The number of carbonyl (C=O) groups excluding carboxylic acids is 1. The van der Waals surface area contributed by atoms with Gasteiger partial charge in [0.05, 0.1) is 24.1 Å². The number of aryl methyl sites for hydroxylation is 2. The Bertz CT molecular complexity index is 741. The van der Waals surface area contributed by atoms with Gasteiger partial charge in [0.2, 0.25) is 0 Å². The summed E-state index contributed by atoms with van der Waals surface area (Å²) in [4.78, 5) is 33.2. The van der Waals surface area contributed by atoms with E-state index in [1.54, 1.807) is 43.3 Å². The first kappa shape index (κ1) is 17.2. The number of amides is 1. The molecule has 2 rings (SSSR count). The fourth-order valence-electron chi connectivity index (χ4n) is 2.10. The van der Waals surface area contributed by atoms with Gasteiger partial charge in [-0.15, -0.1) is 0 Å². The molecule has 0 aliphatic rings. The first-order valence-corrected chi connectivity index (χ1v) is 8.67. The van der Waals surface area contributed by atoms with E-state index in [0.717, 1.165) is 11.4 Å². The summed E-state index contributed by atoms with van der Waals surface area (Å²) >= 11 is 1.64. The lowest BCUT2D eigenvalue weighted by atomic mass is 10.1. The van der Waals surface area contributed by atoms with E-state index >= 15 is 0 Å². The lowest BCUT2D eigenvalue weighted by Crippen LogP contribution is -2.35. The van der Waals surface area contributed by atoms with Crippen molar-refractivity contribution in [3.63, 3.8) is 0 Å². The van der Waals surface area contributed by atoms with Gasteiger partial charge in [0.25, 0.3) is 11.5 Å². The standard InChI is InChI=1S/C16H20N4O2S/c1-11-4-6-20(10-13-9-18-12(2)8-19-13)16(22)14(11)15(21)17-5-7-23-3/h4,6,8-9H,5,7,10H2,1-3H3,(H,17,21). The molecule has 0 saturated carbocycles. The molecule has 122 valence electrons. The Hall–Kier alpha value is -2.15. The van der Waals surface area contributed by atoms with Crippen LogP contribution < -0.4 is 10.9 Å². The van der Waals surface area contributed by atoms with Crippen LogP contribution in [0, 0.1) is 13.8 Å². The molecule has 0 saturated heterocycles. The molecular formula is C16H20N4O2S. The maximum atomic E-state index is 12.6. The average Bonchev–Trinajstić information content (AvgIpc) is 2.52. The fraction of sp³-hybridized carbons (Fsp3) is 0.375. The van der Waals surface area contributed by atoms with Gasteiger partial charge in [-0.1, -0.05) is 0 Å². The van der Waals surface area contributed by atoms with Gasteiger partial charge in [0.15, 0.2) is 0 Å². The molecule has 0 radical (unpaired) electrons. The lowest BCUT2D eigenvalue weighted by molar-refractivity contribution is 0.0953. The van der Waals surface area contributed by atoms with Gasteiger partial charge in [-0.05, 0) is 31.7 Å². The van der Waals surface area contributed by atoms with Crippen molar-refractivity contribution in [3.05, 3.63) is 57.5 Å². The zero-order valence-electron chi connectivity index (χ0n) is 13.5. The summed E-state index contributed by atoms with van der Waals surface area (Å²) in [5.41, 5.74) is 2.04. The van der Waals surface area contributed by atoms with Gasteiger partial charge in [-0.2, -0.15) is 11.8 Å². The first-order chi connectivity index (χ1) is 11.0. The summed E-state index contributed by atoms with van der Waals surface area (Å²) in [6, 6.07) is 1.77. The number of hydrogen-bond donors (Lipinski definition) is 1. The van der Waals surface area contributed by atoms with E-state index in [-0.39, 0.29) is 23.6 Å². The first-order valence-electron chi connectivity index (χ1n) is 7.27. The number of rotatable bonds is 6. The molecule has 0 unspecified atom stereocenters. The highest BCUT2D eigenvalue weighted by molar-refractivity contribution is 7.98. The van der Waals surface area contributed by atoms with Crippen LogP contribution in [0.2, 0.25) is 0 Å². The summed E-state index contributed by atoms with van der Waals surface area (Å²) in [6.07, 6.45) is 6.94. The van der Waals surface area contributed by atoms with E-state index < -0.39 is 0 Å². The highest BCUT2D eigenvalue weighted by Gasteiger charge is 2.15. The molecule has 7 heteroatoms. The minimum atomic E-state index is -0.328. The van der Waals surface area contributed by atoms with Crippen molar-refractivity contribution in [1.82, 2.24) is 19.9 Å². The van der Waals surface area contributed by atoms with Crippen LogP contribution in [0.5, 0.6) is 0 Å². The Morgan fingerprint density at radius 3 is 2.74 bits per heavy atom. The van der Waals surface area contributed by atoms with Gasteiger partial charge < -0.3 is 9.88 Å². The molecular weight excluding hydrogens is 312 g/mol. The van der Waals surface area contributed by atoms with Crippen LogP contribution in [0.1, 0.15) is 27.3 Å². The largest absolute Gasteiger partial charge is 0.351 e. The Morgan fingerprint density at radius 2 is 2.09 bits per heavy atom. The molecule has 1 N–H and O–H groups in total. The van der Waals surface area contributed by atoms with Crippen LogP contribution in [0.15, 0.2) is 29.5 Å². The van der Waals surface area contributed by atoms with E-state index in [4.69, 9.17) is 0 Å². The zero-order chi connectivity index (χ0) is 16.8. The van der Waals surface area contributed by atoms with Crippen LogP contribution in [0.25, 0.3) is 0 Å². The Balaban J connectivity index is 2.25. The third kappa shape index (κ3) is 4.41. The van der Waals surface area contributed by atoms with Crippen molar-refractivity contribution in [3.8, 4) is 0 Å². The summed E-state index contributed by atoms with van der Waals surface area (Å²) in [7, 11) is 0. The topological polar surface area (TPSA) is 76.9 Å². The second kappa shape index (κ2) is 7.92.